The average molecular weight is 390 g/mol. The fourth-order valence-corrected chi connectivity index (χ4v) is 2.94. The zero-order valence-corrected chi connectivity index (χ0v) is 15.1. The SMILES string of the molecule is O=C(COC(=O)c1cccc(OC(F)F)c1)Nc1ccc(N2CCCC2)cc1. The van der Waals surface area contributed by atoms with Gasteiger partial charge < -0.3 is 19.7 Å². The molecule has 1 fully saturated rings. The van der Waals surface area contributed by atoms with Gasteiger partial charge in [-0.15, -0.1) is 0 Å². The Labute approximate surface area is 161 Å². The fraction of sp³-hybridized carbons (Fsp3) is 0.300. The molecule has 1 heterocycles. The van der Waals surface area contributed by atoms with Crippen molar-refractivity contribution < 1.29 is 27.8 Å². The Balaban J connectivity index is 1.49. The summed E-state index contributed by atoms with van der Waals surface area (Å²) in [5, 5.41) is 2.65. The van der Waals surface area contributed by atoms with Gasteiger partial charge in [-0.3, -0.25) is 4.79 Å². The second kappa shape index (κ2) is 9.16. The minimum atomic E-state index is -2.99. The highest BCUT2D eigenvalue weighted by atomic mass is 19.3. The highest BCUT2D eigenvalue weighted by Crippen LogP contribution is 2.22. The maximum Gasteiger partial charge on any atom is 0.387 e. The topological polar surface area (TPSA) is 67.9 Å². The standard InChI is InChI=1S/C20H20F2N2O4/c21-20(22)28-17-5-3-4-14(12-17)19(26)27-13-18(25)23-15-6-8-16(9-7-15)24-10-1-2-11-24/h3-9,12,20H,1-2,10-11,13H2,(H,23,25). The Bertz CT molecular complexity index is 821. The van der Waals surface area contributed by atoms with Crippen molar-refractivity contribution in [1.82, 2.24) is 0 Å². The number of nitrogens with one attached hydrogen (secondary N) is 1. The lowest BCUT2D eigenvalue weighted by Crippen LogP contribution is -2.21. The van der Waals surface area contributed by atoms with Crippen LogP contribution >= 0.6 is 0 Å². The third-order valence-electron chi connectivity index (χ3n) is 4.25. The molecule has 2 aromatic rings. The molecule has 148 valence electrons. The van der Waals surface area contributed by atoms with Crippen LogP contribution in [0, 0.1) is 0 Å². The molecule has 0 radical (unpaired) electrons. The molecule has 1 aliphatic rings. The van der Waals surface area contributed by atoms with Crippen molar-refractivity contribution in [2.24, 2.45) is 0 Å². The van der Waals surface area contributed by atoms with Crippen LogP contribution in [0.25, 0.3) is 0 Å². The van der Waals surface area contributed by atoms with Crippen molar-refractivity contribution in [3.8, 4) is 5.75 Å². The highest BCUT2D eigenvalue weighted by molar-refractivity contribution is 5.95. The monoisotopic (exact) mass is 390 g/mol. The van der Waals surface area contributed by atoms with E-state index in [1.807, 2.05) is 12.1 Å². The Morgan fingerprint density at radius 3 is 2.46 bits per heavy atom. The summed E-state index contributed by atoms with van der Waals surface area (Å²) in [5.74, 6) is -1.46. The number of halogens is 2. The largest absolute Gasteiger partial charge is 0.452 e. The summed E-state index contributed by atoms with van der Waals surface area (Å²) in [4.78, 5) is 26.2. The maximum atomic E-state index is 12.2. The normalized spacial score (nSPS) is 13.5. The maximum absolute atomic E-state index is 12.2. The van der Waals surface area contributed by atoms with Crippen LogP contribution in [0.3, 0.4) is 0 Å². The molecule has 0 aliphatic carbocycles. The Hall–Kier alpha value is -3.16. The molecule has 2 aromatic carbocycles. The molecule has 28 heavy (non-hydrogen) atoms. The molecule has 0 spiro atoms. The van der Waals surface area contributed by atoms with Crippen LogP contribution in [-0.2, 0) is 9.53 Å². The molecule has 6 nitrogen and oxygen atoms in total. The number of carbonyl (C=O) groups excluding carboxylic acids is 2. The smallest absolute Gasteiger partial charge is 0.387 e. The third-order valence-corrected chi connectivity index (χ3v) is 4.25. The van der Waals surface area contributed by atoms with Crippen LogP contribution in [0.5, 0.6) is 5.75 Å². The zero-order valence-electron chi connectivity index (χ0n) is 15.1. The number of benzene rings is 2. The van der Waals surface area contributed by atoms with E-state index in [1.54, 1.807) is 12.1 Å². The second-order valence-corrected chi connectivity index (χ2v) is 6.27. The number of carbonyl (C=O) groups is 2. The van der Waals surface area contributed by atoms with Crippen LogP contribution < -0.4 is 15.0 Å². The molecule has 0 atom stereocenters. The number of rotatable bonds is 7. The molecule has 1 amide bonds. The molecule has 0 unspecified atom stereocenters. The van der Waals surface area contributed by atoms with Gasteiger partial charge in [-0.2, -0.15) is 8.78 Å². The van der Waals surface area contributed by atoms with E-state index >= 15 is 0 Å². The van der Waals surface area contributed by atoms with E-state index in [0.717, 1.165) is 24.8 Å². The van der Waals surface area contributed by atoms with Gasteiger partial charge in [-0.1, -0.05) is 6.07 Å². The first-order chi connectivity index (χ1) is 13.5. The number of ether oxygens (including phenoxy) is 2. The fourth-order valence-electron chi connectivity index (χ4n) is 2.94. The Morgan fingerprint density at radius 1 is 1.07 bits per heavy atom. The number of anilines is 2. The van der Waals surface area contributed by atoms with Crippen LogP contribution in [-0.4, -0.2) is 38.2 Å². The lowest BCUT2D eigenvalue weighted by atomic mass is 10.2. The number of nitrogens with zero attached hydrogens (tertiary/aromatic N) is 1. The van der Waals surface area contributed by atoms with E-state index in [-0.39, 0.29) is 11.3 Å². The van der Waals surface area contributed by atoms with Gasteiger partial charge in [0, 0.05) is 24.5 Å². The van der Waals surface area contributed by atoms with Gasteiger partial charge in [-0.05, 0) is 55.3 Å². The van der Waals surface area contributed by atoms with Gasteiger partial charge in [0.05, 0.1) is 5.56 Å². The molecule has 8 heteroatoms. The van der Waals surface area contributed by atoms with Gasteiger partial charge in [0.2, 0.25) is 0 Å². The Morgan fingerprint density at radius 2 is 1.79 bits per heavy atom. The number of esters is 1. The van der Waals surface area contributed by atoms with Gasteiger partial charge in [0.25, 0.3) is 5.91 Å². The average Bonchev–Trinajstić information content (AvgIpc) is 3.21. The minimum Gasteiger partial charge on any atom is -0.452 e. The summed E-state index contributed by atoms with van der Waals surface area (Å²) in [6, 6.07) is 12.6. The quantitative estimate of drug-likeness (QED) is 0.731. The first kappa shape index (κ1) is 19.6. The van der Waals surface area contributed by atoms with Crippen LogP contribution in [0.15, 0.2) is 48.5 Å². The molecule has 3 rings (SSSR count). The summed E-state index contributed by atoms with van der Waals surface area (Å²) in [5.41, 5.74) is 1.71. The van der Waals surface area contributed by atoms with Crippen molar-refractivity contribution in [3.63, 3.8) is 0 Å². The molecular formula is C20H20F2N2O4. The van der Waals surface area contributed by atoms with Crippen molar-refractivity contribution in [2.75, 3.05) is 29.9 Å². The van der Waals surface area contributed by atoms with Crippen LogP contribution in [0.4, 0.5) is 20.2 Å². The molecule has 0 aromatic heterocycles. The summed E-state index contributed by atoms with van der Waals surface area (Å²) in [6.45, 7) is -1.42. The summed E-state index contributed by atoms with van der Waals surface area (Å²) >= 11 is 0. The number of alkyl halides is 2. The summed E-state index contributed by atoms with van der Waals surface area (Å²) in [7, 11) is 0. The van der Waals surface area contributed by atoms with Gasteiger partial charge in [-0.25, -0.2) is 4.79 Å². The zero-order chi connectivity index (χ0) is 19.9. The number of hydrogen-bond donors (Lipinski definition) is 1. The predicted octanol–water partition coefficient (Wildman–Crippen LogP) is 3.68. The van der Waals surface area contributed by atoms with E-state index in [9.17, 15) is 18.4 Å². The highest BCUT2D eigenvalue weighted by Gasteiger charge is 2.14. The second-order valence-electron chi connectivity index (χ2n) is 6.27. The summed E-state index contributed by atoms with van der Waals surface area (Å²) in [6.07, 6.45) is 2.36. The van der Waals surface area contributed by atoms with Crippen molar-refractivity contribution in [1.29, 1.82) is 0 Å². The molecule has 0 bridgehead atoms. The lowest BCUT2D eigenvalue weighted by molar-refractivity contribution is -0.119. The predicted molar refractivity (Wildman–Crippen MR) is 99.9 cm³/mol. The first-order valence-electron chi connectivity index (χ1n) is 8.88. The minimum absolute atomic E-state index is 0.0147. The Kier molecular flexibility index (Phi) is 6.41. The van der Waals surface area contributed by atoms with E-state index in [0.29, 0.717) is 5.69 Å². The van der Waals surface area contributed by atoms with Gasteiger partial charge in [0.15, 0.2) is 6.61 Å². The van der Waals surface area contributed by atoms with Gasteiger partial charge >= 0.3 is 12.6 Å². The van der Waals surface area contributed by atoms with Crippen molar-refractivity contribution >= 4 is 23.3 Å². The molecular weight excluding hydrogens is 370 g/mol. The third kappa shape index (κ3) is 5.42. The molecule has 1 N–H and O–H groups in total. The number of hydrogen-bond acceptors (Lipinski definition) is 5. The van der Waals surface area contributed by atoms with Crippen molar-refractivity contribution in [2.45, 2.75) is 19.5 Å². The van der Waals surface area contributed by atoms with E-state index in [4.69, 9.17) is 4.74 Å². The van der Waals surface area contributed by atoms with Crippen LogP contribution in [0.1, 0.15) is 23.2 Å². The lowest BCUT2D eigenvalue weighted by Gasteiger charge is -2.17. The van der Waals surface area contributed by atoms with Crippen molar-refractivity contribution in [3.05, 3.63) is 54.1 Å². The molecule has 1 saturated heterocycles. The molecule has 0 saturated carbocycles. The van der Waals surface area contributed by atoms with E-state index in [2.05, 4.69) is 15.0 Å². The first-order valence-corrected chi connectivity index (χ1v) is 8.88. The summed E-state index contributed by atoms with van der Waals surface area (Å²) < 4.78 is 33.6. The molecule has 1 aliphatic heterocycles. The van der Waals surface area contributed by atoms with Crippen LogP contribution in [0.2, 0.25) is 0 Å². The van der Waals surface area contributed by atoms with E-state index < -0.39 is 25.1 Å². The van der Waals surface area contributed by atoms with E-state index in [1.165, 1.54) is 31.0 Å². The van der Waals surface area contributed by atoms with Gasteiger partial charge in [0.1, 0.15) is 5.75 Å². The number of amides is 1.